The molecule has 0 aliphatic carbocycles. The van der Waals surface area contributed by atoms with E-state index in [9.17, 15) is 22.4 Å². The van der Waals surface area contributed by atoms with Crippen LogP contribution in [0.3, 0.4) is 0 Å². The third-order valence-corrected chi connectivity index (χ3v) is 3.30. The number of halogens is 4. The molecule has 122 valence electrons. The second-order valence-electron chi connectivity index (χ2n) is 4.63. The Kier molecular flexibility index (Phi) is 4.88. The molecule has 0 aromatic heterocycles. The largest absolute Gasteiger partial charge is 0.491 e. The number of carbonyl (C=O) groups excluding carboxylic acids is 1. The van der Waals surface area contributed by atoms with Crippen LogP contribution < -0.4 is 10.1 Å². The van der Waals surface area contributed by atoms with Gasteiger partial charge in [0.05, 0.1) is 7.11 Å². The molecule has 0 aliphatic rings. The number of amides is 1. The highest BCUT2D eigenvalue weighted by Crippen LogP contribution is 2.30. The van der Waals surface area contributed by atoms with Gasteiger partial charge in [0.15, 0.2) is 17.4 Å². The van der Waals surface area contributed by atoms with Gasteiger partial charge in [-0.1, -0.05) is 25.1 Å². The number of methoxy groups -OCH3 is 1. The fourth-order valence-corrected chi connectivity index (χ4v) is 2.13. The summed E-state index contributed by atoms with van der Waals surface area (Å²) in [6, 6.07) is 6.55. The predicted octanol–water partition coefficient (Wildman–Crippen LogP) is 4.07. The molecule has 2 aromatic carbocycles. The van der Waals surface area contributed by atoms with E-state index in [1.165, 1.54) is 6.07 Å². The van der Waals surface area contributed by atoms with E-state index in [4.69, 9.17) is 0 Å². The third kappa shape index (κ3) is 2.99. The van der Waals surface area contributed by atoms with Gasteiger partial charge in [0.25, 0.3) is 5.91 Å². The van der Waals surface area contributed by atoms with Crippen molar-refractivity contribution in [2.24, 2.45) is 0 Å². The normalized spacial score (nSPS) is 10.5. The van der Waals surface area contributed by atoms with E-state index in [0.717, 1.165) is 7.11 Å². The van der Waals surface area contributed by atoms with Crippen molar-refractivity contribution in [3.05, 3.63) is 58.7 Å². The summed E-state index contributed by atoms with van der Waals surface area (Å²) >= 11 is 0. The first kappa shape index (κ1) is 16.8. The van der Waals surface area contributed by atoms with Crippen LogP contribution in [0.4, 0.5) is 23.2 Å². The standard InChI is InChI=1S/C16H13F4NO2/c1-3-8-6-4-5-7-9(8)21-16(22)10-11(17)13(19)15(23-2)14(20)12(10)18/h4-7H,3H2,1-2H3,(H,21,22). The Hall–Kier alpha value is -2.57. The molecule has 1 amide bonds. The van der Waals surface area contributed by atoms with E-state index in [0.29, 0.717) is 17.7 Å². The van der Waals surface area contributed by atoms with Crippen molar-refractivity contribution in [3.8, 4) is 5.75 Å². The van der Waals surface area contributed by atoms with Crippen LogP contribution in [0, 0.1) is 23.3 Å². The molecule has 7 heteroatoms. The molecule has 0 fully saturated rings. The van der Waals surface area contributed by atoms with Crippen molar-refractivity contribution in [2.75, 3.05) is 12.4 Å². The molecule has 0 spiro atoms. The molecular weight excluding hydrogens is 314 g/mol. The van der Waals surface area contributed by atoms with Gasteiger partial charge in [-0.15, -0.1) is 0 Å². The van der Waals surface area contributed by atoms with Gasteiger partial charge in [-0.2, -0.15) is 8.78 Å². The molecule has 0 saturated heterocycles. The predicted molar refractivity (Wildman–Crippen MR) is 76.6 cm³/mol. The first-order valence-corrected chi connectivity index (χ1v) is 6.71. The Morgan fingerprint density at radius 2 is 1.61 bits per heavy atom. The van der Waals surface area contributed by atoms with Gasteiger partial charge >= 0.3 is 0 Å². The second-order valence-corrected chi connectivity index (χ2v) is 4.63. The van der Waals surface area contributed by atoms with Crippen LogP contribution in [-0.4, -0.2) is 13.0 Å². The number of para-hydroxylation sites is 1. The maximum Gasteiger partial charge on any atom is 0.261 e. The Morgan fingerprint density at radius 1 is 1.04 bits per heavy atom. The summed E-state index contributed by atoms with van der Waals surface area (Å²) in [6.07, 6.45) is 0.548. The van der Waals surface area contributed by atoms with E-state index in [1.54, 1.807) is 18.2 Å². The molecular formula is C16H13F4NO2. The maximum absolute atomic E-state index is 13.9. The van der Waals surface area contributed by atoms with E-state index < -0.39 is 40.5 Å². The maximum atomic E-state index is 13.9. The number of carbonyl (C=O) groups is 1. The van der Waals surface area contributed by atoms with Crippen molar-refractivity contribution in [2.45, 2.75) is 13.3 Å². The van der Waals surface area contributed by atoms with Crippen molar-refractivity contribution in [1.29, 1.82) is 0 Å². The first-order chi connectivity index (χ1) is 10.9. The van der Waals surface area contributed by atoms with Gasteiger partial charge in [-0.25, -0.2) is 8.78 Å². The van der Waals surface area contributed by atoms with Gasteiger partial charge in [-0.05, 0) is 18.1 Å². The number of hydrogen-bond donors (Lipinski definition) is 1. The Labute approximate surface area is 129 Å². The quantitative estimate of drug-likeness (QED) is 0.679. The molecule has 0 saturated carbocycles. The molecule has 0 unspecified atom stereocenters. The third-order valence-electron chi connectivity index (χ3n) is 3.30. The van der Waals surface area contributed by atoms with Crippen molar-refractivity contribution >= 4 is 11.6 Å². The fourth-order valence-electron chi connectivity index (χ4n) is 2.13. The summed E-state index contributed by atoms with van der Waals surface area (Å²) in [5, 5.41) is 2.26. The monoisotopic (exact) mass is 327 g/mol. The number of rotatable bonds is 4. The smallest absolute Gasteiger partial charge is 0.261 e. The lowest BCUT2D eigenvalue weighted by Gasteiger charge is -2.13. The van der Waals surface area contributed by atoms with Crippen molar-refractivity contribution in [1.82, 2.24) is 0 Å². The zero-order valence-electron chi connectivity index (χ0n) is 12.3. The van der Waals surface area contributed by atoms with E-state index >= 15 is 0 Å². The van der Waals surface area contributed by atoms with Gasteiger partial charge in [-0.3, -0.25) is 4.79 Å². The summed E-state index contributed by atoms with van der Waals surface area (Å²) < 4.78 is 59.4. The van der Waals surface area contributed by atoms with Gasteiger partial charge in [0.2, 0.25) is 11.6 Å². The van der Waals surface area contributed by atoms with Crippen molar-refractivity contribution < 1.29 is 27.1 Å². The van der Waals surface area contributed by atoms with Crippen LogP contribution in [0.1, 0.15) is 22.8 Å². The molecule has 2 aromatic rings. The van der Waals surface area contributed by atoms with Gasteiger partial charge < -0.3 is 10.1 Å². The molecule has 3 nitrogen and oxygen atoms in total. The molecule has 1 N–H and O–H groups in total. The molecule has 23 heavy (non-hydrogen) atoms. The molecule has 0 bridgehead atoms. The minimum atomic E-state index is -1.81. The minimum Gasteiger partial charge on any atom is -0.491 e. The second kappa shape index (κ2) is 6.68. The van der Waals surface area contributed by atoms with Crippen molar-refractivity contribution in [3.63, 3.8) is 0 Å². The van der Waals surface area contributed by atoms with Crippen LogP contribution in [0.5, 0.6) is 5.75 Å². The number of aryl methyl sites for hydroxylation is 1. The van der Waals surface area contributed by atoms with Crippen LogP contribution >= 0.6 is 0 Å². The molecule has 2 rings (SSSR count). The minimum absolute atomic E-state index is 0.301. The summed E-state index contributed by atoms with van der Waals surface area (Å²) in [5.74, 6) is -9.66. The molecule has 0 heterocycles. The average Bonchev–Trinajstić information content (AvgIpc) is 2.54. The van der Waals surface area contributed by atoms with Crippen LogP contribution in [0.15, 0.2) is 24.3 Å². The Bertz CT molecular complexity index is 733. The highest BCUT2D eigenvalue weighted by Gasteiger charge is 2.30. The highest BCUT2D eigenvalue weighted by atomic mass is 19.2. The number of nitrogens with one attached hydrogen (secondary N) is 1. The van der Waals surface area contributed by atoms with E-state index in [1.807, 2.05) is 6.92 Å². The zero-order chi connectivity index (χ0) is 17.1. The Morgan fingerprint density at radius 3 is 2.13 bits per heavy atom. The summed E-state index contributed by atoms with van der Waals surface area (Å²) in [4.78, 5) is 12.1. The number of anilines is 1. The Balaban J connectivity index is 2.48. The van der Waals surface area contributed by atoms with Gasteiger partial charge in [0, 0.05) is 5.69 Å². The average molecular weight is 327 g/mol. The van der Waals surface area contributed by atoms with Gasteiger partial charge in [0.1, 0.15) is 5.56 Å². The highest BCUT2D eigenvalue weighted by molar-refractivity contribution is 6.05. The molecule has 0 radical (unpaired) electrons. The summed E-state index contributed by atoms with van der Waals surface area (Å²) in [7, 11) is 0.859. The number of ether oxygens (including phenoxy) is 1. The number of benzene rings is 2. The number of hydrogen-bond acceptors (Lipinski definition) is 2. The van der Waals surface area contributed by atoms with E-state index in [2.05, 4.69) is 10.1 Å². The lowest BCUT2D eigenvalue weighted by atomic mass is 10.1. The van der Waals surface area contributed by atoms with Crippen LogP contribution in [0.2, 0.25) is 0 Å². The van der Waals surface area contributed by atoms with Crippen LogP contribution in [0.25, 0.3) is 0 Å². The molecule has 0 atom stereocenters. The topological polar surface area (TPSA) is 38.3 Å². The summed E-state index contributed by atoms with van der Waals surface area (Å²) in [6.45, 7) is 1.82. The first-order valence-electron chi connectivity index (χ1n) is 6.71. The lowest BCUT2D eigenvalue weighted by Crippen LogP contribution is -2.19. The molecule has 0 aliphatic heterocycles. The lowest BCUT2D eigenvalue weighted by molar-refractivity contribution is 0.101. The van der Waals surface area contributed by atoms with E-state index in [-0.39, 0.29) is 0 Å². The summed E-state index contributed by atoms with van der Waals surface area (Å²) in [5.41, 5.74) is -0.335. The zero-order valence-corrected chi connectivity index (χ0v) is 12.3. The van der Waals surface area contributed by atoms with Crippen LogP contribution in [-0.2, 0) is 6.42 Å². The fraction of sp³-hybridized carbons (Fsp3) is 0.188. The SMILES string of the molecule is CCc1ccccc1NC(=O)c1c(F)c(F)c(OC)c(F)c1F.